The van der Waals surface area contributed by atoms with Gasteiger partial charge in [0.15, 0.2) is 0 Å². The maximum absolute atomic E-state index is 10.4. The molecule has 1 heterocycles. The minimum absolute atomic E-state index is 0.520. The zero-order chi connectivity index (χ0) is 9.90. The molecule has 1 fully saturated rings. The Hall–Kier alpha value is -0.570. The molecule has 0 saturated carbocycles. The normalized spacial score (nSPS) is 22.0. The third-order valence-electron chi connectivity index (χ3n) is 2.67. The second-order valence-corrected chi connectivity index (χ2v) is 4.46. The van der Waals surface area contributed by atoms with Crippen molar-refractivity contribution < 1.29 is 9.90 Å². The zero-order valence-corrected chi connectivity index (χ0v) is 8.49. The van der Waals surface area contributed by atoms with Gasteiger partial charge in [-0.25, -0.2) is 0 Å². The van der Waals surface area contributed by atoms with Crippen LogP contribution in [0.1, 0.15) is 33.1 Å². The van der Waals surface area contributed by atoms with Gasteiger partial charge in [-0.05, 0) is 25.2 Å². The maximum atomic E-state index is 10.4. The zero-order valence-electron chi connectivity index (χ0n) is 8.49. The van der Waals surface area contributed by atoms with Crippen molar-refractivity contribution in [1.82, 2.24) is 4.90 Å². The predicted octanol–water partition coefficient (Wildman–Crippen LogP) is 1.02. The van der Waals surface area contributed by atoms with E-state index in [-0.39, 0.29) is 0 Å². The SMILES string of the molecule is CC(C)CC1(O)CCN(C=O)CC1. The Kier molecular flexibility index (Phi) is 3.31. The number of aliphatic hydroxyl groups is 1. The molecule has 0 radical (unpaired) electrons. The van der Waals surface area contributed by atoms with Crippen molar-refractivity contribution >= 4 is 6.41 Å². The van der Waals surface area contributed by atoms with E-state index in [1.54, 1.807) is 4.90 Å². The van der Waals surface area contributed by atoms with Gasteiger partial charge in [0, 0.05) is 13.1 Å². The quantitative estimate of drug-likeness (QED) is 0.667. The number of carbonyl (C=O) groups is 1. The minimum Gasteiger partial charge on any atom is -0.390 e. The van der Waals surface area contributed by atoms with E-state index in [0.29, 0.717) is 19.0 Å². The van der Waals surface area contributed by atoms with Gasteiger partial charge in [-0.3, -0.25) is 4.79 Å². The summed E-state index contributed by atoms with van der Waals surface area (Å²) in [6, 6.07) is 0. The number of carbonyl (C=O) groups excluding carboxylic acids is 1. The number of hydrogen-bond acceptors (Lipinski definition) is 2. The third kappa shape index (κ3) is 2.99. The number of nitrogens with zero attached hydrogens (tertiary/aromatic N) is 1. The van der Waals surface area contributed by atoms with Gasteiger partial charge in [-0.2, -0.15) is 0 Å². The highest BCUT2D eigenvalue weighted by Gasteiger charge is 2.32. The third-order valence-corrected chi connectivity index (χ3v) is 2.67. The van der Waals surface area contributed by atoms with E-state index in [1.165, 1.54) is 0 Å². The number of likely N-dealkylation sites (tertiary alicyclic amines) is 1. The first-order valence-corrected chi connectivity index (χ1v) is 4.97. The molecule has 13 heavy (non-hydrogen) atoms. The fourth-order valence-electron chi connectivity index (χ4n) is 2.01. The van der Waals surface area contributed by atoms with Crippen molar-refractivity contribution in [3.8, 4) is 0 Å². The number of hydrogen-bond donors (Lipinski definition) is 1. The molecular formula is C10H19NO2. The summed E-state index contributed by atoms with van der Waals surface area (Å²) >= 11 is 0. The first-order chi connectivity index (χ1) is 6.06. The largest absolute Gasteiger partial charge is 0.390 e. The molecule has 3 heteroatoms. The Bertz CT molecular complexity index is 172. The Labute approximate surface area is 79.7 Å². The van der Waals surface area contributed by atoms with Gasteiger partial charge in [0.1, 0.15) is 0 Å². The monoisotopic (exact) mass is 185 g/mol. The van der Waals surface area contributed by atoms with Gasteiger partial charge >= 0.3 is 0 Å². The second-order valence-electron chi connectivity index (χ2n) is 4.46. The molecule has 1 rings (SSSR count). The average Bonchev–Trinajstić information content (AvgIpc) is 2.04. The lowest BCUT2D eigenvalue weighted by Crippen LogP contribution is -2.44. The molecular weight excluding hydrogens is 166 g/mol. The Morgan fingerprint density at radius 3 is 2.38 bits per heavy atom. The highest BCUT2D eigenvalue weighted by molar-refractivity contribution is 5.47. The second kappa shape index (κ2) is 4.09. The summed E-state index contributed by atoms with van der Waals surface area (Å²) in [6.07, 6.45) is 3.17. The summed E-state index contributed by atoms with van der Waals surface area (Å²) in [5.74, 6) is 0.521. The summed E-state index contributed by atoms with van der Waals surface area (Å²) in [4.78, 5) is 12.2. The Morgan fingerprint density at radius 1 is 1.46 bits per heavy atom. The molecule has 0 aliphatic carbocycles. The molecule has 0 aromatic carbocycles. The lowest BCUT2D eigenvalue weighted by molar-refractivity contribution is -0.122. The topological polar surface area (TPSA) is 40.5 Å². The van der Waals surface area contributed by atoms with Crippen LogP contribution in [0.4, 0.5) is 0 Å². The van der Waals surface area contributed by atoms with Gasteiger partial charge in [-0.1, -0.05) is 13.8 Å². The number of piperidine rings is 1. The summed E-state index contributed by atoms with van der Waals surface area (Å²) in [5.41, 5.74) is -0.520. The lowest BCUT2D eigenvalue weighted by Gasteiger charge is -2.37. The molecule has 0 aromatic heterocycles. The van der Waals surface area contributed by atoms with Crippen LogP contribution in [0.2, 0.25) is 0 Å². The van der Waals surface area contributed by atoms with E-state index < -0.39 is 5.60 Å². The van der Waals surface area contributed by atoms with Crippen LogP contribution in [0.3, 0.4) is 0 Å². The van der Waals surface area contributed by atoms with E-state index in [0.717, 1.165) is 25.7 Å². The summed E-state index contributed by atoms with van der Waals surface area (Å²) in [6.45, 7) is 5.63. The van der Waals surface area contributed by atoms with Crippen LogP contribution in [0, 0.1) is 5.92 Å². The van der Waals surface area contributed by atoms with Crippen LogP contribution in [0.5, 0.6) is 0 Å². The van der Waals surface area contributed by atoms with Crippen molar-refractivity contribution in [2.45, 2.75) is 38.7 Å². The molecule has 0 unspecified atom stereocenters. The highest BCUT2D eigenvalue weighted by Crippen LogP contribution is 2.28. The first-order valence-electron chi connectivity index (χ1n) is 4.97. The standard InChI is InChI=1S/C10H19NO2/c1-9(2)7-10(13)3-5-11(8-12)6-4-10/h8-9,13H,3-7H2,1-2H3. The predicted molar refractivity (Wildman–Crippen MR) is 51.3 cm³/mol. The van der Waals surface area contributed by atoms with Crippen LogP contribution in [0.25, 0.3) is 0 Å². The minimum atomic E-state index is -0.520. The molecule has 1 aliphatic rings. The van der Waals surface area contributed by atoms with Crippen LogP contribution in [-0.4, -0.2) is 35.1 Å². The lowest BCUT2D eigenvalue weighted by atomic mass is 9.84. The number of rotatable bonds is 3. The summed E-state index contributed by atoms with van der Waals surface area (Å²) < 4.78 is 0. The smallest absolute Gasteiger partial charge is 0.209 e. The van der Waals surface area contributed by atoms with Crippen LogP contribution in [-0.2, 0) is 4.79 Å². The van der Waals surface area contributed by atoms with E-state index in [4.69, 9.17) is 0 Å². The van der Waals surface area contributed by atoms with Crippen LogP contribution in [0.15, 0.2) is 0 Å². The molecule has 1 saturated heterocycles. The van der Waals surface area contributed by atoms with Gasteiger partial charge in [-0.15, -0.1) is 0 Å². The average molecular weight is 185 g/mol. The summed E-state index contributed by atoms with van der Waals surface area (Å²) in [5, 5.41) is 10.1. The van der Waals surface area contributed by atoms with Gasteiger partial charge in [0.05, 0.1) is 5.60 Å². The van der Waals surface area contributed by atoms with Crippen molar-refractivity contribution in [2.75, 3.05) is 13.1 Å². The fraction of sp³-hybridized carbons (Fsp3) is 0.900. The molecule has 1 amide bonds. The van der Waals surface area contributed by atoms with E-state index in [9.17, 15) is 9.90 Å². The molecule has 0 atom stereocenters. The molecule has 3 nitrogen and oxygen atoms in total. The molecule has 0 aromatic rings. The highest BCUT2D eigenvalue weighted by atomic mass is 16.3. The molecule has 0 spiro atoms. The van der Waals surface area contributed by atoms with E-state index in [2.05, 4.69) is 13.8 Å². The maximum Gasteiger partial charge on any atom is 0.209 e. The molecule has 76 valence electrons. The van der Waals surface area contributed by atoms with Crippen molar-refractivity contribution in [1.29, 1.82) is 0 Å². The van der Waals surface area contributed by atoms with Crippen molar-refractivity contribution in [3.63, 3.8) is 0 Å². The van der Waals surface area contributed by atoms with Crippen molar-refractivity contribution in [3.05, 3.63) is 0 Å². The molecule has 1 N–H and O–H groups in total. The van der Waals surface area contributed by atoms with Gasteiger partial charge in [0.25, 0.3) is 0 Å². The Balaban J connectivity index is 2.41. The number of amides is 1. The van der Waals surface area contributed by atoms with Gasteiger partial charge in [0.2, 0.25) is 6.41 Å². The Morgan fingerprint density at radius 2 is 2.00 bits per heavy atom. The molecule has 1 aliphatic heterocycles. The van der Waals surface area contributed by atoms with Crippen LogP contribution >= 0.6 is 0 Å². The van der Waals surface area contributed by atoms with E-state index >= 15 is 0 Å². The van der Waals surface area contributed by atoms with E-state index in [1.807, 2.05) is 0 Å². The molecule has 0 bridgehead atoms. The van der Waals surface area contributed by atoms with Gasteiger partial charge < -0.3 is 10.0 Å². The van der Waals surface area contributed by atoms with Crippen molar-refractivity contribution in [2.24, 2.45) is 5.92 Å². The summed E-state index contributed by atoms with van der Waals surface area (Å²) in [7, 11) is 0. The fourth-order valence-corrected chi connectivity index (χ4v) is 2.01. The van der Waals surface area contributed by atoms with Crippen LogP contribution < -0.4 is 0 Å². The first kappa shape index (κ1) is 10.5.